The standard InChI is InChI=1S/C13H16S/c1-9-5-6-10-8-12(13(2,3)4)14-11(10)7-9/h5-8H,1-4H3. The molecule has 0 unspecified atom stereocenters. The fourth-order valence-corrected chi connectivity index (χ4v) is 2.73. The molecule has 74 valence electrons. The van der Waals surface area contributed by atoms with Gasteiger partial charge in [-0.3, -0.25) is 0 Å². The fraction of sp³-hybridized carbons (Fsp3) is 0.385. The van der Waals surface area contributed by atoms with E-state index in [4.69, 9.17) is 0 Å². The molecule has 0 radical (unpaired) electrons. The summed E-state index contributed by atoms with van der Waals surface area (Å²) in [5.41, 5.74) is 1.62. The lowest BCUT2D eigenvalue weighted by molar-refractivity contribution is 0.604. The highest BCUT2D eigenvalue weighted by atomic mass is 32.1. The zero-order chi connectivity index (χ0) is 10.3. The van der Waals surface area contributed by atoms with E-state index in [0.29, 0.717) is 0 Å². The second kappa shape index (κ2) is 3.09. The molecule has 1 aromatic carbocycles. The van der Waals surface area contributed by atoms with Gasteiger partial charge in [-0.15, -0.1) is 11.3 Å². The summed E-state index contributed by atoms with van der Waals surface area (Å²) < 4.78 is 1.41. The molecule has 2 aromatic rings. The zero-order valence-electron chi connectivity index (χ0n) is 9.22. The maximum atomic E-state index is 2.32. The van der Waals surface area contributed by atoms with Gasteiger partial charge in [0.1, 0.15) is 0 Å². The molecule has 0 spiro atoms. The molecule has 1 heteroatoms. The summed E-state index contributed by atoms with van der Waals surface area (Å²) in [5.74, 6) is 0. The smallest absolute Gasteiger partial charge is 0.0348 e. The number of fused-ring (bicyclic) bond motifs is 1. The molecule has 0 saturated heterocycles. The lowest BCUT2D eigenvalue weighted by atomic mass is 9.94. The summed E-state index contributed by atoms with van der Waals surface area (Å²) >= 11 is 1.92. The summed E-state index contributed by atoms with van der Waals surface area (Å²) in [6.07, 6.45) is 0. The van der Waals surface area contributed by atoms with Crippen molar-refractivity contribution in [3.05, 3.63) is 34.7 Å². The van der Waals surface area contributed by atoms with Crippen LogP contribution >= 0.6 is 11.3 Å². The maximum Gasteiger partial charge on any atom is 0.0348 e. The molecule has 1 heterocycles. The molecule has 0 nitrogen and oxygen atoms in total. The Morgan fingerprint density at radius 2 is 1.79 bits per heavy atom. The molecule has 0 fully saturated rings. The highest BCUT2D eigenvalue weighted by molar-refractivity contribution is 7.19. The number of hydrogen-bond donors (Lipinski definition) is 0. The minimum Gasteiger partial charge on any atom is -0.140 e. The predicted molar refractivity (Wildman–Crippen MR) is 65.3 cm³/mol. The van der Waals surface area contributed by atoms with E-state index >= 15 is 0 Å². The minimum atomic E-state index is 0.275. The molecule has 0 N–H and O–H groups in total. The molecule has 0 bridgehead atoms. The van der Waals surface area contributed by atoms with Crippen molar-refractivity contribution in [1.29, 1.82) is 0 Å². The second-order valence-corrected chi connectivity index (χ2v) is 5.99. The summed E-state index contributed by atoms with van der Waals surface area (Å²) in [6.45, 7) is 8.95. The van der Waals surface area contributed by atoms with Gasteiger partial charge in [0.05, 0.1) is 0 Å². The van der Waals surface area contributed by atoms with Crippen LogP contribution in [0.3, 0.4) is 0 Å². The van der Waals surface area contributed by atoms with Crippen molar-refractivity contribution in [2.75, 3.05) is 0 Å². The van der Waals surface area contributed by atoms with Crippen LogP contribution < -0.4 is 0 Å². The fourth-order valence-electron chi connectivity index (χ4n) is 1.51. The van der Waals surface area contributed by atoms with Gasteiger partial charge in [-0.2, -0.15) is 0 Å². The molecule has 0 aliphatic heterocycles. The first-order valence-corrected chi connectivity index (χ1v) is 5.79. The monoisotopic (exact) mass is 204 g/mol. The van der Waals surface area contributed by atoms with E-state index in [1.54, 1.807) is 0 Å². The molecule has 0 aliphatic carbocycles. The van der Waals surface area contributed by atoms with Crippen LogP contribution in [-0.2, 0) is 5.41 Å². The van der Waals surface area contributed by atoms with Gasteiger partial charge in [0, 0.05) is 9.58 Å². The Balaban J connectivity index is 2.63. The van der Waals surface area contributed by atoms with Gasteiger partial charge >= 0.3 is 0 Å². The van der Waals surface area contributed by atoms with Crippen LogP contribution in [0.5, 0.6) is 0 Å². The van der Waals surface area contributed by atoms with Gasteiger partial charge in [-0.25, -0.2) is 0 Å². The normalized spacial score (nSPS) is 12.3. The topological polar surface area (TPSA) is 0 Å². The predicted octanol–water partition coefficient (Wildman–Crippen LogP) is 4.51. The van der Waals surface area contributed by atoms with E-state index in [1.165, 1.54) is 20.5 Å². The Hall–Kier alpha value is -0.820. The molecule has 0 amide bonds. The number of hydrogen-bond acceptors (Lipinski definition) is 1. The minimum absolute atomic E-state index is 0.275. The van der Waals surface area contributed by atoms with Gasteiger partial charge in [0.15, 0.2) is 0 Å². The van der Waals surface area contributed by atoms with Crippen molar-refractivity contribution in [2.45, 2.75) is 33.1 Å². The third-order valence-corrected chi connectivity index (χ3v) is 3.94. The number of aryl methyl sites for hydroxylation is 1. The Morgan fingerprint density at radius 3 is 2.43 bits per heavy atom. The molecule has 0 saturated carbocycles. The summed E-state index contributed by atoms with van der Waals surface area (Å²) in [6, 6.07) is 8.99. The van der Waals surface area contributed by atoms with E-state index in [2.05, 4.69) is 52.0 Å². The van der Waals surface area contributed by atoms with E-state index in [0.717, 1.165) is 0 Å². The summed E-state index contributed by atoms with van der Waals surface area (Å²) in [5, 5.41) is 1.38. The van der Waals surface area contributed by atoms with Gasteiger partial charge in [0.25, 0.3) is 0 Å². The van der Waals surface area contributed by atoms with Crippen LogP contribution in [0, 0.1) is 6.92 Å². The SMILES string of the molecule is Cc1ccc2cc(C(C)(C)C)sc2c1. The van der Waals surface area contributed by atoms with Crippen LogP contribution in [0.4, 0.5) is 0 Å². The Labute approximate surface area is 89.6 Å². The molecule has 0 aliphatic rings. The van der Waals surface area contributed by atoms with Crippen molar-refractivity contribution in [3.63, 3.8) is 0 Å². The second-order valence-electron chi connectivity index (χ2n) is 4.90. The third kappa shape index (κ3) is 1.69. The Bertz CT molecular complexity index is 458. The van der Waals surface area contributed by atoms with E-state index in [-0.39, 0.29) is 5.41 Å². The average molecular weight is 204 g/mol. The van der Waals surface area contributed by atoms with E-state index < -0.39 is 0 Å². The van der Waals surface area contributed by atoms with Crippen LogP contribution in [0.15, 0.2) is 24.3 Å². The molecule has 2 rings (SSSR count). The molecule has 0 atom stereocenters. The highest BCUT2D eigenvalue weighted by Crippen LogP contribution is 2.34. The molecule has 14 heavy (non-hydrogen) atoms. The first-order chi connectivity index (χ1) is 6.47. The zero-order valence-corrected chi connectivity index (χ0v) is 10.0. The first kappa shape index (κ1) is 9.72. The molecular weight excluding hydrogens is 188 g/mol. The first-order valence-electron chi connectivity index (χ1n) is 4.97. The summed E-state index contributed by atoms with van der Waals surface area (Å²) in [4.78, 5) is 1.47. The Morgan fingerprint density at radius 1 is 1.07 bits per heavy atom. The lowest BCUT2D eigenvalue weighted by Gasteiger charge is -2.14. The quantitative estimate of drug-likeness (QED) is 0.592. The maximum absolute atomic E-state index is 2.32. The van der Waals surface area contributed by atoms with Gasteiger partial charge in [-0.1, -0.05) is 32.9 Å². The van der Waals surface area contributed by atoms with Crippen molar-refractivity contribution in [2.24, 2.45) is 0 Å². The van der Waals surface area contributed by atoms with Gasteiger partial charge in [-0.05, 0) is 35.4 Å². The number of benzene rings is 1. The van der Waals surface area contributed by atoms with Crippen LogP contribution in [-0.4, -0.2) is 0 Å². The van der Waals surface area contributed by atoms with Crippen LogP contribution in [0.1, 0.15) is 31.2 Å². The highest BCUT2D eigenvalue weighted by Gasteiger charge is 2.16. The number of rotatable bonds is 0. The van der Waals surface area contributed by atoms with Crippen molar-refractivity contribution >= 4 is 21.4 Å². The van der Waals surface area contributed by atoms with Crippen molar-refractivity contribution in [3.8, 4) is 0 Å². The average Bonchev–Trinajstić information content (AvgIpc) is 2.45. The van der Waals surface area contributed by atoms with Crippen LogP contribution in [0.2, 0.25) is 0 Å². The Kier molecular flexibility index (Phi) is 2.15. The third-order valence-electron chi connectivity index (χ3n) is 2.41. The van der Waals surface area contributed by atoms with Gasteiger partial charge in [0.2, 0.25) is 0 Å². The van der Waals surface area contributed by atoms with E-state index in [9.17, 15) is 0 Å². The lowest BCUT2D eigenvalue weighted by Crippen LogP contribution is -2.07. The summed E-state index contributed by atoms with van der Waals surface area (Å²) in [7, 11) is 0. The van der Waals surface area contributed by atoms with Crippen LogP contribution in [0.25, 0.3) is 10.1 Å². The van der Waals surface area contributed by atoms with Gasteiger partial charge < -0.3 is 0 Å². The van der Waals surface area contributed by atoms with E-state index in [1.807, 2.05) is 11.3 Å². The molecular formula is C13H16S. The van der Waals surface area contributed by atoms with Crippen molar-refractivity contribution in [1.82, 2.24) is 0 Å². The van der Waals surface area contributed by atoms with Crippen molar-refractivity contribution < 1.29 is 0 Å². The number of thiophene rings is 1. The largest absolute Gasteiger partial charge is 0.140 e. The molecule has 1 aromatic heterocycles.